The SMILES string of the molecule is CN(C)CC(C)(C)N=C1Nc2cc(Cl)c(F)cc2S(=O)(=O)N1.Cl. The van der Waals surface area contributed by atoms with Gasteiger partial charge in [-0.05, 0) is 40.1 Å². The van der Waals surface area contributed by atoms with Gasteiger partial charge in [0, 0.05) is 6.54 Å². The lowest BCUT2D eigenvalue weighted by atomic mass is 10.1. The first-order chi connectivity index (χ1) is 10.00. The Morgan fingerprint density at radius 1 is 1.35 bits per heavy atom. The van der Waals surface area contributed by atoms with Crippen LogP contribution in [-0.4, -0.2) is 45.5 Å². The molecule has 6 nitrogen and oxygen atoms in total. The summed E-state index contributed by atoms with van der Waals surface area (Å²) in [5.74, 6) is -0.706. The molecule has 0 fully saturated rings. The summed E-state index contributed by atoms with van der Waals surface area (Å²) in [6.07, 6.45) is 0. The first-order valence-corrected chi connectivity index (χ1v) is 8.40. The molecule has 0 aliphatic carbocycles. The second-order valence-corrected chi connectivity index (χ2v) is 8.06. The van der Waals surface area contributed by atoms with Crippen molar-refractivity contribution in [1.29, 1.82) is 0 Å². The fraction of sp³-hybridized carbons (Fsp3) is 0.462. The molecule has 0 aromatic heterocycles. The third-order valence-corrected chi connectivity index (χ3v) is 4.58. The van der Waals surface area contributed by atoms with Crippen molar-refractivity contribution in [3.63, 3.8) is 0 Å². The van der Waals surface area contributed by atoms with Gasteiger partial charge in [0.05, 0.1) is 16.2 Å². The normalized spacial score (nSPS) is 18.0. The lowest BCUT2D eigenvalue weighted by Gasteiger charge is -2.28. The van der Waals surface area contributed by atoms with Crippen LogP contribution in [0.5, 0.6) is 0 Å². The quantitative estimate of drug-likeness (QED) is 0.838. The van der Waals surface area contributed by atoms with Gasteiger partial charge in [-0.1, -0.05) is 11.6 Å². The van der Waals surface area contributed by atoms with Crippen LogP contribution in [0.2, 0.25) is 5.02 Å². The van der Waals surface area contributed by atoms with Crippen molar-refractivity contribution < 1.29 is 12.8 Å². The lowest BCUT2D eigenvalue weighted by molar-refractivity contribution is 0.319. The molecule has 23 heavy (non-hydrogen) atoms. The average Bonchev–Trinajstić information content (AvgIpc) is 2.28. The summed E-state index contributed by atoms with van der Waals surface area (Å²) in [6, 6.07) is 2.12. The lowest BCUT2D eigenvalue weighted by Crippen LogP contribution is -2.44. The minimum absolute atomic E-state index is 0. The first kappa shape index (κ1) is 20.0. The van der Waals surface area contributed by atoms with E-state index in [0.29, 0.717) is 6.54 Å². The van der Waals surface area contributed by atoms with Crippen molar-refractivity contribution in [2.75, 3.05) is 26.0 Å². The monoisotopic (exact) mass is 384 g/mol. The zero-order valence-electron chi connectivity index (χ0n) is 13.1. The largest absolute Gasteiger partial charge is 0.324 e. The molecule has 10 heteroatoms. The number of anilines is 1. The number of aliphatic imine (C=N–C) groups is 1. The maximum atomic E-state index is 13.5. The highest BCUT2D eigenvalue weighted by atomic mass is 35.5. The molecule has 0 unspecified atom stereocenters. The second-order valence-electron chi connectivity index (χ2n) is 6.00. The van der Waals surface area contributed by atoms with E-state index < -0.39 is 21.4 Å². The molecule has 0 bridgehead atoms. The molecule has 0 atom stereocenters. The molecule has 1 aromatic rings. The standard InChI is InChI=1S/C13H18ClFN4O2S.ClH/c1-13(2,7-19(3)4)17-12-16-10-5-8(14)9(15)6-11(10)22(20,21)18-12;/h5-6H,7H2,1-4H3,(H2,16,17,18);1H. The van der Waals surface area contributed by atoms with E-state index in [9.17, 15) is 12.8 Å². The Hall–Kier alpha value is -1.09. The highest BCUT2D eigenvalue weighted by Crippen LogP contribution is 2.30. The van der Waals surface area contributed by atoms with Crippen molar-refractivity contribution in [2.45, 2.75) is 24.3 Å². The molecule has 1 heterocycles. The molecular formula is C13H19Cl2FN4O2S. The van der Waals surface area contributed by atoms with Crippen molar-refractivity contribution in [3.8, 4) is 0 Å². The smallest absolute Gasteiger partial charge is 0.266 e. The minimum Gasteiger partial charge on any atom is -0.324 e. The number of hydrogen-bond donors (Lipinski definition) is 2. The van der Waals surface area contributed by atoms with Crippen LogP contribution in [0.4, 0.5) is 10.1 Å². The van der Waals surface area contributed by atoms with Gasteiger partial charge in [0.25, 0.3) is 10.0 Å². The summed E-state index contributed by atoms with van der Waals surface area (Å²) in [5, 5.41) is 2.68. The number of fused-ring (bicyclic) bond motifs is 1. The summed E-state index contributed by atoms with van der Waals surface area (Å²) < 4.78 is 40.2. The molecule has 0 radical (unpaired) electrons. The number of nitrogens with zero attached hydrogens (tertiary/aromatic N) is 2. The Labute approximate surface area is 146 Å². The van der Waals surface area contributed by atoms with Crippen molar-refractivity contribution in [2.24, 2.45) is 4.99 Å². The van der Waals surface area contributed by atoms with Gasteiger partial charge in [-0.3, -0.25) is 0 Å². The fourth-order valence-electron chi connectivity index (χ4n) is 2.35. The van der Waals surface area contributed by atoms with Crippen LogP contribution in [0.1, 0.15) is 13.8 Å². The van der Waals surface area contributed by atoms with Crippen LogP contribution in [0.15, 0.2) is 22.0 Å². The third kappa shape index (κ3) is 4.69. The van der Waals surface area contributed by atoms with Crippen LogP contribution in [0, 0.1) is 5.82 Å². The van der Waals surface area contributed by atoms with E-state index in [4.69, 9.17) is 11.6 Å². The number of halogens is 3. The zero-order valence-corrected chi connectivity index (χ0v) is 15.5. The number of sulfonamides is 1. The molecule has 2 rings (SSSR count). The molecule has 0 saturated carbocycles. The van der Waals surface area contributed by atoms with Crippen molar-refractivity contribution >= 4 is 45.7 Å². The Balaban J connectivity index is 0.00000264. The average molecular weight is 385 g/mol. The zero-order chi connectivity index (χ0) is 16.7. The Morgan fingerprint density at radius 3 is 2.52 bits per heavy atom. The number of benzene rings is 1. The van der Waals surface area contributed by atoms with Crippen LogP contribution >= 0.6 is 24.0 Å². The first-order valence-electron chi connectivity index (χ1n) is 6.54. The Kier molecular flexibility index (Phi) is 5.90. The predicted octanol–water partition coefficient (Wildman–Crippen LogP) is 2.30. The van der Waals surface area contributed by atoms with Gasteiger partial charge in [0.2, 0.25) is 5.96 Å². The molecular weight excluding hydrogens is 366 g/mol. The molecule has 130 valence electrons. The maximum absolute atomic E-state index is 13.5. The van der Waals surface area contributed by atoms with Crippen LogP contribution < -0.4 is 10.0 Å². The van der Waals surface area contributed by atoms with E-state index in [1.54, 1.807) is 0 Å². The van der Waals surface area contributed by atoms with Crippen molar-refractivity contribution in [3.05, 3.63) is 23.0 Å². The number of nitrogens with one attached hydrogen (secondary N) is 2. The van der Waals surface area contributed by atoms with Crippen LogP contribution in [0.25, 0.3) is 0 Å². The van der Waals surface area contributed by atoms with E-state index in [1.165, 1.54) is 6.07 Å². The Morgan fingerprint density at radius 2 is 1.96 bits per heavy atom. The molecule has 1 aliphatic rings. The van der Waals surface area contributed by atoms with Gasteiger partial charge >= 0.3 is 0 Å². The van der Waals surface area contributed by atoms with E-state index in [-0.39, 0.29) is 34.0 Å². The van der Waals surface area contributed by atoms with Crippen molar-refractivity contribution in [1.82, 2.24) is 9.62 Å². The molecule has 0 saturated heterocycles. The van der Waals surface area contributed by atoms with Gasteiger partial charge in [0.15, 0.2) is 0 Å². The van der Waals surface area contributed by atoms with E-state index >= 15 is 0 Å². The van der Waals surface area contributed by atoms with E-state index in [0.717, 1.165) is 6.07 Å². The maximum Gasteiger partial charge on any atom is 0.266 e. The Bertz CT molecular complexity index is 736. The molecule has 1 aromatic carbocycles. The van der Waals surface area contributed by atoms with Gasteiger partial charge < -0.3 is 10.2 Å². The molecule has 0 amide bonds. The van der Waals surface area contributed by atoms with Gasteiger partial charge in [-0.15, -0.1) is 12.4 Å². The highest BCUT2D eigenvalue weighted by molar-refractivity contribution is 7.90. The number of rotatable bonds is 3. The highest BCUT2D eigenvalue weighted by Gasteiger charge is 2.30. The van der Waals surface area contributed by atoms with Crippen LogP contribution in [-0.2, 0) is 10.0 Å². The second kappa shape index (κ2) is 6.80. The summed E-state index contributed by atoms with van der Waals surface area (Å²) >= 11 is 5.71. The molecule has 2 N–H and O–H groups in total. The third-order valence-electron chi connectivity index (χ3n) is 2.91. The topological polar surface area (TPSA) is 73.8 Å². The molecule has 0 spiro atoms. The number of guanidine groups is 1. The summed E-state index contributed by atoms with van der Waals surface area (Å²) in [4.78, 5) is 6.14. The van der Waals surface area contributed by atoms with Crippen LogP contribution in [0.3, 0.4) is 0 Å². The van der Waals surface area contributed by atoms with Gasteiger partial charge in [0.1, 0.15) is 10.7 Å². The molecule has 1 aliphatic heterocycles. The summed E-state index contributed by atoms with van der Waals surface area (Å²) in [5.41, 5.74) is -0.320. The van der Waals surface area contributed by atoms with E-state index in [2.05, 4.69) is 15.0 Å². The van der Waals surface area contributed by atoms with Gasteiger partial charge in [-0.25, -0.2) is 22.5 Å². The number of likely N-dealkylation sites (N-methyl/N-ethyl adjacent to an activating group) is 1. The number of hydrogen-bond acceptors (Lipinski definition) is 4. The minimum atomic E-state index is -3.89. The fourth-order valence-corrected chi connectivity index (χ4v) is 3.63. The van der Waals surface area contributed by atoms with Gasteiger partial charge in [-0.2, -0.15) is 0 Å². The predicted molar refractivity (Wildman–Crippen MR) is 92.7 cm³/mol. The summed E-state index contributed by atoms with van der Waals surface area (Å²) in [6.45, 7) is 4.38. The van der Waals surface area contributed by atoms with E-state index in [1.807, 2.05) is 32.8 Å². The summed E-state index contributed by atoms with van der Waals surface area (Å²) in [7, 11) is -0.0848.